The van der Waals surface area contributed by atoms with Gasteiger partial charge in [0.1, 0.15) is 0 Å². The fourth-order valence-corrected chi connectivity index (χ4v) is 2.33. The molecule has 1 aromatic carbocycles. The Morgan fingerprint density at radius 3 is 2.00 bits per heavy atom. The summed E-state index contributed by atoms with van der Waals surface area (Å²) in [7, 11) is 0. The molecule has 0 atom stereocenters. The summed E-state index contributed by atoms with van der Waals surface area (Å²) in [6, 6.07) is 5.11. The van der Waals surface area contributed by atoms with Crippen LogP contribution in [0.4, 0.5) is 18.9 Å². The normalized spacial score (nSPS) is 13.1. The van der Waals surface area contributed by atoms with Crippen molar-refractivity contribution in [3.05, 3.63) is 43.5 Å². The van der Waals surface area contributed by atoms with Gasteiger partial charge in [0.05, 0.1) is 0 Å². The molecule has 0 N–H and O–H groups in total. The summed E-state index contributed by atoms with van der Waals surface area (Å²) in [6.07, 6.45) is -4.32. The van der Waals surface area contributed by atoms with Gasteiger partial charge in [-0.1, -0.05) is 0 Å². The summed E-state index contributed by atoms with van der Waals surface area (Å²) in [5.41, 5.74) is 0.257. The fraction of sp³-hybridized carbons (Fsp3) is 0.111. The van der Waals surface area contributed by atoms with Crippen molar-refractivity contribution in [2.75, 3.05) is 0 Å². The van der Waals surface area contributed by atoms with Crippen LogP contribution in [-0.2, 0) is 0 Å². The minimum atomic E-state index is -4.32. The molecule has 3 nitrogen and oxygen atoms in total. The van der Waals surface area contributed by atoms with Gasteiger partial charge in [-0.3, -0.25) is 0 Å². The van der Waals surface area contributed by atoms with Crippen LogP contribution in [0.5, 0.6) is 0 Å². The third-order valence-electron chi connectivity index (χ3n) is 1.90. The second kappa shape index (κ2) is 5.59. The Hall–Kier alpha value is -0.253. The number of hydrogen-bond acceptors (Lipinski definition) is 2. The molecule has 0 spiro atoms. The Kier molecular flexibility index (Phi) is 4.87. The molecule has 17 heavy (non-hydrogen) atoms. The van der Waals surface area contributed by atoms with Gasteiger partial charge in [0.2, 0.25) is 0 Å². The van der Waals surface area contributed by atoms with E-state index in [9.17, 15) is 23.3 Å². The van der Waals surface area contributed by atoms with E-state index in [1.807, 2.05) is 0 Å². The van der Waals surface area contributed by atoms with Crippen LogP contribution in [0.3, 0.4) is 0 Å². The topological polar surface area (TPSA) is 43.1 Å². The van der Waals surface area contributed by atoms with Crippen molar-refractivity contribution in [2.24, 2.45) is 0 Å². The summed E-state index contributed by atoms with van der Waals surface area (Å²) < 4.78 is 37.0. The van der Waals surface area contributed by atoms with Gasteiger partial charge in [-0.05, 0) is 0 Å². The molecule has 0 aliphatic carbocycles. The molecule has 84 valence electrons. The standard InChI is InChI=1S/C9H4F3NO2.2Sn/c10-9(11,12)6-5-7-1-3-8(4-2-7)13(14)15;;/h1-4H;;/q;2*+1. The van der Waals surface area contributed by atoms with Gasteiger partial charge < -0.3 is 0 Å². The molecule has 4 radical (unpaired) electrons. The Morgan fingerprint density at radius 2 is 1.65 bits per heavy atom. The second-order valence-corrected chi connectivity index (χ2v) is 5.91. The van der Waals surface area contributed by atoms with Crippen molar-refractivity contribution in [1.29, 1.82) is 0 Å². The van der Waals surface area contributed by atoms with Gasteiger partial charge in [-0.2, -0.15) is 0 Å². The summed E-state index contributed by atoms with van der Waals surface area (Å²) in [5.74, 6) is 0. The quantitative estimate of drug-likeness (QED) is 0.392. The molecule has 0 heterocycles. The maximum atomic E-state index is 12.5. The summed E-state index contributed by atoms with van der Waals surface area (Å²) in [4.78, 5) is 9.81. The van der Waals surface area contributed by atoms with Crippen LogP contribution in [0.15, 0.2) is 27.9 Å². The molecule has 1 aromatic rings. The van der Waals surface area contributed by atoms with Crippen molar-refractivity contribution >= 4 is 54.3 Å². The van der Waals surface area contributed by atoms with Gasteiger partial charge in [0.15, 0.2) is 0 Å². The number of allylic oxidation sites excluding steroid dienone is 1. The summed E-state index contributed by atoms with van der Waals surface area (Å²) >= 11 is 0.931. The molecule has 8 heteroatoms. The average Bonchev–Trinajstić information content (AvgIpc) is 2.26. The number of halogens is 3. The molecular weight excluding hydrogens is 449 g/mol. The van der Waals surface area contributed by atoms with Gasteiger partial charge >= 0.3 is 122 Å². The fourth-order valence-electron chi connectivity index (χ4n) is 1.04. The predicted octanol–water partition coefficient (Wildman–Crippen LogP) is 2.16. The monoisotopic (exact) mass is 455 g/mol. The molecule has 1 rings (SSSR count). The predicted molar refractivity (Wildman–Crippen MR) is 57.6 cm³/mol. The number of nitro groups is 1. The van der Waals surface area contributed by atoms with Crippen molar-refractivity contribution in [3.8, 4) is 0 Å². The van der Waals surface area contributed by atoms with Gasteiger partial charge in [-0.15, -0.1) is 0 Å². The number of nitrogens with zero attached hydrogens (tertiary/aromatic N) is 1. The van der Waals surface area contributed by atoms with Crippen LogP contribution in [-0.4, -0.2) is 56.1 Å². The molecule has 0 saturated heterocycles. The average molecular weight is 453 g/mol. The Bertz CT molecular complexity index is 468. The molecule has 0 aliphatic heterocycles. The van der Waals surface area contributed by atoms with E-state index in [1.165, 1.54) is 24.3 Å². The zero-order valence-electron chi connectivity index (χ0n) is 8.21. The molecule has 0 fully saturated rings. The molecule has 0 bridgehead atoms. The van der Waals surface area contributed by atoms with Gasteiger partial charge in [0.25, 0.3) is 0 Å². The number of hydrogen-bond donors (Lipinski definition) is 0. The molecule has 0 aromatic heterocycles. The Balaban J connectivity index is 3.14. The van der Waals surface area contributed by atoms with E-state index in [2.05, 4.69) is 0 Å². The van der Waals surface area contributed by atoms with Crippen LogP contribution >= 0.6 is 0 Å². The Morgan fingerprint density at radius 1 is 1.18 bits per heavy atom. The number of alkyl halides is 3. The van der Waals surface area contributed by atoms with E-state index < -0.39 is 14.7 Å². The van der Waals surface area contributed by atoms with Crippen molar-refractivity contribution < 1.29 is 18.1 Å². The first-order chi connectivity index (χ1) is 7.73. The van der Waals surface area contributed by atoms with Crippen molar-refractivity contribution in [1.82, 2.24) is 0 Å². The van der Waals surface area contributed by atoms with E-state index in [0.717, 1.165) is 0 Å². The van der Waals surface area contributed by atoms with Gasteiger partial charge in [-0.25, -0.2) is 0 Å². The van der Waals surface area contributed by atoms with Crippen molar-refractivity contribution in [2.45, 2.75) is 6.18 Å². The van der Waals surface area contributed by atoms with Crippen LogP contribution < -0.4 is 0 Å². The van der Waals surface area contributed by atoms with E-state index in [-0.39, 0.29) is 9.28 Å². The van der Waals surface area contributed by atoms with Gasteiger partial charge in [0, 0.05) is 0 Å². The number of non-ortho nitro benzene ring substituents is 1. The van der Waals surface area contributed by atoms with E-state index in [0.29, 0.717) is 50.6 Å². The summed E-state index contributed by atoms with van der Waals surface area (Å²) in [5, 5.41) is 10.4. The molecule has 0 saturated carbocycles. The third kappa shape index (κ3) is 3.87. The first kappa shape index (κ1) is 14.8. The summed E-state index contributed by atoms with van der Waals surface area (Å²) in [6.45, 7) is 0. The molecule has 0 amide bonds. The number of rotatable bonds is 2. The van der Waals surface area contributed by atoms with E-state index in [1.54, 1.807) is 0 Å². The SMILES string of the molecule is O=[N+]([O-])c1ccc(/[C]([Sn+])=[C](/[Sn+])C(F)(F)F)cc1. The van der Waals surface area contributed by atoms with E-state index >= 15 is 0 Å². The molecule has 0 unspecified atom stereocenters. The van der Waals surface area contributed by atoms with Crippen molar-refractivity contribution in [3.63, 3.8) is 0 Å². The van der Waals surface area contributed by atoms with E-state index in [4.69, 9.17) is 0 Å². The maximum absolute atomic E-state index is 12.5. The third-order valence-corrected chi connectivity index (χ3v) is 7.00. The number of nitro benzene ring substituents is 1. The van der Waals surface area contributed by atoms with Crippen LogP contribution in [0, 0.1) is 10.1 Å². The molecular formula is C9H4F3NO2Sn2+2. The molecule has 0 aliphatic rings. The van der Waals surface area contributed by atoms with Crippen LogP contribution in [0.2, 0.25) is 0 Å². The zero-order valence-corrected chi connectivity index (χ0v) is 13.9. The van der Waals surface area contributed by atoms with Crippen LogP contribution in [0.1, 0.15) is 5.56 Å². The minimum absolute atomic E-state index is 0.130. The Labute approximate surface area is 121 Å². The first-order valence-corrected chi connectivity index (χ1v) is 7.08. The van der Waals surface area contributed by atoms with Crippen LogP contribution in [0.25, 0.3) is 3.59 Å². The second-order valence-electron chi connectivity index (χ2n) is 3.05. The first-order valence-electron chi connectivity index (χ1n) is 4.23. The number of benzene rings is 1. The zero-order chi connectivity index (χ0) is 13.2.